The molecule has 0 bridgehead atoms. The molecule has 0 radical (unpaired) electrons. The highest BCUT2D eigenvalue weighted by molar-refractivity contribution is 5.95. The highest BCUT2D eigenvalue weighted by Gasteiger charge is 2.34. The van der Waals surface area contributed by atoms with Crippen molar-refractivity contribution in [3.8, 4) is 11.5 Å². The minimum atomic E-state index is 0.0752. The van der Waals surface area contributed by atoms with Crippen LogP contribution in [0.25, 0.3) is 0 Å². The Morgan fingerprint density at radius 1 is 1.28 bits per heavy atom. The third kappa shape index (κ3) is 3.11. The molecule has 25 heavy (non-hydrogen) atoms. The molecule has 1 amide bonds. The number of benzene rings is 1. The first kappa shape index (κ1) is 16.1. The van der Waals surface area contributed by atoms with Gasteiger partial charge in [-0.3, -0.25) is 4.79 Å². The number of carbonyl (C=O) groups excluding carboxylic acids is 1. The molecule has 0 saturated carbocycles. The maximum absolute atomic E-state index is 12.8. The molecule has 0 unspecified atom stereocenters. The van der Waals surface area contributed by atoms with Gasteiger partial charge in [0.05, 0.1) is 5.56 Å². The van der Waals surface area contributed by atoms with Crippen LogP contribution in [0, 0.1) is 12.3 Å². The fraction of sp³-hybridized carbons (Fsp3) is 0.450. The molecule has 3 heterocycles. The smallest absolute Gasteiger partial charge is 0.255 e. The highest BCUT2D eigenvalue weighted by Crippen LogP contribution is 2.38. The van der Waals surface area contributed by atoms with Gasteiger partial charge in [-0.15, -0.1) is 0 Å². The molecule has 1 fully saturated rings. The van der Waals surface area contributed by atoms with Gasteiger partial charge in [0, 0.05) is 25.0 Å². The summed E-state index contributed by atoms with van der Waals surface area (Å²) in [5, 5.41) is 0. The highest BCUT2D eigenvalue weighted by atomic mass is 16.7. The van der Waals surface area contributed by atoms with E-state index in [-0.39, 0.29) is 11.3 Å². The summed E-state index contributed by atoms with van der Waals surface area (Å²) in [7, 11) is 0. The van der Waals surface area contributed by atoms with Gasteiger partial charge in [0.15, 0.2) is 11.5 Å². The van der Waals surface area contributed by atoms with Gasteiger partial charge in [0.1, 0.15) is 0 Å². The summed E-state index contributed by atoms with van der Waals surface area (Å²) >= 11 is 0. The molecule has 132 valence electrons. The average Bonchev–Trinajstić information content (AvgIpc) is 3.22. The zero-order valence-corrected chi connectivity index (χ0v) is 14.8. The Kier molecular flexibility index (Phi) is 3.94. The van der Waals surface area contributed by atoms with Gasteiger partial charge in [-0.25, -0.2) is 0 Å². The molecule has 2 aliphatic heterocycles. The summed E-state index contributed by atoms with van der Waals surface area (Å²) in [6.07, 6.45) is 4.92. The second-order valence-electron chi connectivity index (χ2n) is 7.52. The van der Waals surface area contributed by atoms with Crippen LogP contribution >= 0.6 is 0 Å². The van der Waals surface area contributed by atoms with Crippen LogP contribution in [-0.2, 0) is 6.42 Å². The quantitative estimate of drug-likeness (QED) is 0.930. The Balaban J connectivity index is 1.49. The lowest BCUT2D eigenvalue weighted by Gasteiger charge is -2.40. The number of aromatic amines is 1. The molecule has 0 spiro atoms. The van der Waals surface area contributed by atoms with Crippen molar-refractivity contribution in [2.24, 2.45) is 5.41 Å². The number of H-pyrrole nitrogens is 1. The van der Waals surface area contributed by atoms with Crippen LogP contribution in [0.5, 0.6) is 11.5 Å². The summed E-state index contributed by atoms with van der Waals surface area (Å²) < 4.78 is 10.9. The lowest BCUT2D eigenvalue weighted by atomic mass is 9.76. The number of amides is 1. The summed E-state index contributed by atoms with van der Waals surface area (Å²) in [5.41, 5.74) is 3.03. The molecular weight excluding hydrogens is 316 g/mol. The van der Waals surface area contributed by atoms with Crippen molar-refractivity contribution in [2.75, 3.05) is 19.9 Å². The van der Waals surface area contributed by atoms with Crippen molar-refractivity contribution in [2.45, 2.75) is 33.1 Å². The minimum absolute atomic E-state index is 0.0752. The number of carbonyl (C=O) groups is 1. The molecule has 2 aromatic rings. The number of aromatic nitrogens is 1. The Morgan fingerprint density at radius 2 is 2.12 bits per heavy atom. The van der Waals surface area contributed by atoms with E-state index >= 15 is 0 Å². The Labute approximate surface area is 147 Å². The number of likely N-dealkylation sites (tertiary alicyclic amines) is 1. The number of rotatable bonds is 3. The summed E-state index contributed by atoms with van der Waals surface area (Å²) in [6.45, 7) is 6.14. The molecule has 1 aromatic heterocycles. The van der Waals surface area contributed by atoms with Crippen LogP contribution in [0.4, 0.5) is 0 Å². The van der Waals surface area contributed by atoms with E-state index in [0.717, 1.165) is 55.1 Å². The Morgan fingerprint density at radius 3 is 2.92 bits per heavy atom. The van der Waals surface area contributed by atoms with Gasteiger partial charge < -0.3 is 19.4 Å². The Bertz CT molecular complexity index is 798. The number of fused-ring (bicyclic) bond motifs is 1. The molecule has 5 nitrogen and oxygen atoms in total. The van der Waals surface area contributed by atoms with E-state index in [9.17, 15) is 4.79 Å². The first-order valence-electron chi connectivity index (χ1n) is 8.86. The van der Waals surface area contributed by atoms with Gasteiger partial charge in [0.25, 0.3) is 5.91 Å². The second kappa shape index (κ2) is 6.14. The van der Waals surface area contributed by atoms with Crippen LogP contribution in [-0.4, -0.2) is 35.7 Å². The van der Waals surface area contributed by atoms with E-state index in [4.69, 9.17) is 9.47 Å². The summed E-state index contributed by atoms with van der Waals surface area (Å²) in [5.74, 6) is 1.78. The number of nitrogens with zero attached hydrogens (tertiary/aromatic N) is 1. The standard InChI is InChI=1S/C20H24N2O3/c1-14-16(6-8-21-14)19(23)22-9-3-7-20(2,12-22)11-15-4-5-17-18(10-15)25-13-24-17/h4-6,8,10,21H,3,7,9,11-13H2,1-2H3/t20-/m1/s1. The maximum atomic E-state index is 12.8. The van der Waals surface area contributed by atoms with Crippen molar-refractivity contribution >= 4 is 5.91 Å². The fourth-order valence-electron chi connectivity index (χ4n) is 4.03. The van der Waals surface area contributed by atoms with Crippen LogP contribution < -0.4 is 9.47 Å². The minimum Gasteiger partial charge on any atom is -0.454 e. The number of piperidine rings is 1. The number of hydrogen-bond donors (Lipinski definition) is 1. The molecule has 1 aromatic carbocycles. The van der Waals surface area contributed by atoms with Gasteiger partial charge in [-0.2, -0.15) is 0 Å². The van der Waals surface area contributed by atoms with Gasteiger partial charge in [-0.1, -0.05) is 13.0 Å². The lowest BCUT2D eigenvalue weighted by molar-refractivity contribution is 0.0550. The molecule has 1 atom stereocenters. The summed E-state index contributed by atoms with van der Waals surface area (Å²) in [6, 6.07) is 8.04. The third-order valence-corrected chi connectivity index (χ3v) is 5.32. The van der Waals surface area contributed by atoms with Crippen LogP contribution in [0.2, 0.25) is 0 Å². The molecule has 4 rings (SSSR count). The zero-order valence-electron chi connectivity index (χ0n) is 14.8. The van der Waals surface area contributed by atoms with E-state index in [0.29, 0.717) is 6.79 Å². The molecule has 1 N–H and O–H groups in total. The van der Waals surface area contributed by atoms with Crippen molar-refractivity contribution in [1.29, 1.82) is 0 Å². The maximum Gasteiger partial charge on any atom is 0.255 e. The monoisotopic (exact) mass is 340 g/mol. The molecule has 5 heteroatoms. The number of ether oxygens (including phenoxy) is 2. The average molecular weight is 340 g/mol. The first-order valence-corrected chi connectivity index (χ1v) is 8.86. The van der Waals surface area contributed by atoms with Gasteiger partial charge in [0.2, 0.25) is 6.79 Å². The van der Waals surface area contributed by atoms with E-state index in [2.05, 4.69) is 24.0 Å². The Hall–Kier alpha value is -2.43. The van der Waals surface area contributed by atoms with Crippen molar-refractivity contribution in [3.05, 3.63) is 47.3 Å². The van der Waals surface area contributed by atoms with Gasteiger partial charge in [-0.05, 0) is 55.4 Å². The van der Waals surface area contributed by atoms with E-state index in [1.54, 1.807) is 0 Å². The largest absolute Gasteiger partial charge is 0.454 e. The SMILES string of the molecule is Cc1[nH]ccc1C(=O)N1CCC[C@](C)(Cc2ccc3c(c2)OCO3)C1. The van der Waals surface area contributed by atoms with E-state index in [1.807, 2.05) is 30.2 Å². The van der Waals surface area contributed by atoms with Crippen LogP contribution in [0.3, 0.4) is 0 Å². The number of aryl methyl sites for hydroxylation is 1. The van der Waals surface area contributed by atoms with Crippen molar-refractivity contribution < 1.29 is 14.3 Å². The zero-order chi connectivity index (χ0) is 17.4. The van der Waals surface area contributed by atoms with Crippen LogP contribution in [0.15, 0.2) is 30.5 Å². The van der Waals surface area contributed by atoms with Gasteiger partial charge >= 0.3 is 0 Å². The molecule has 2 aliphatic rings. The van der Waals surface area contributed by atoms with E-state index < -0.39 is 0 Å². The molecule has 1 saturated heterocycles. The predicted molar refractivity (Wildman–Crippen MR) is 95.0 cm³/mol. The van der Waals surface area contributed by atoms with Crippen LogP contribution in [0.1, 0.15) is 41.4 Å². The topological polar surface area (TPSA) is 54.6 Å². The number of hydrogen-bond acceptors (Lipinski definition) is 3. The predicted octanol–water partition coefficient (Wildman–Crippen LogP) is 3.54. The summed E-state index contributed by atoms with van der Waals surface area (Å²) in [4.78, 5) is 18.0. The fourth-order valence-corrected chi connectivity index (χ4v) is 4.03. The van der Waals surface area contributed by atoms with E-state index in [1.165, 1.54) is 5.56 Å². The third-order valence-electron chi connectivity index (χ3n) is 5.32. The van der Waals surface area contributed by atoms with Crippen molar-refractivity contribution in [1.82, 2.24) is 9.88 Å². The first-order chi connectivity index (χ1) is 12.0. The molecule has 0 aliphatic carbocycles. The lowest BCUT2D eigenvalue weighted by Crippen LogP contribution is -2.45. The normalized spacial score (nSPS) is 22.2. The molecular formula is C20H24N2O3. The van der Waals surface area contributed by atoms with Crippen molar-refractivity contribution in [3.63, 3.8) is 0 Å². The number of nitrogens with one attached hydrogen (secondary N) is 1. The second-order valence-corrected chi connectivity index (χ2v) is 7.52.